The van der Waals surface area contributed by atoms with Crippen LogP contribution in [0.15, 0.2) is 28.7 Å². The maximum Gasteiger partial charge on any atom is 0.221 e. The molecule has 3 heteroatoms. The maximum atomic E-state index is 11.6. The van der Waals surface area contributed by atoms with Crippen LogP contribution in [0.5, 0.6) is 0 Å². The molecule has 1 N–H and O–H groups in total. The van der Waals surface area contributed by atoms with Gasteiger partial charge in [0.2, 0.25) is 5.91 Å². The largest absolute Gasteiger partial charge is 0.351 e. The van der Waals surface area contributed by atoms with Crippen LogP contribution < -0.4 is 5.32 Å². The van der Waals surface area contributed by atoms with Crippen LogP contribution in [0.1, 0.15) is 32.8 Å². The molecule has 0 aliphatic carbocycles. The van der Waals surface area contributed by atoms with E-state index in [4.69, 9.17) is 0 Å². The fraction of sp³-hybridized carbons (Fsp3) is 0.500. The second-order valence-electron chi connectivity index (χ2n) is 5.71. The van der Waals surface area contributed by atoms with Crippen LogP contribution in [-0.4, -0.2) is 11.4 Å². The van der Waals surface area contributed by atoms with Crippen LogP contribution in [0, 0.1) is 5.41 Å². The molecule has 2 rings (SSSR count). The number of nitrogens with one attached hydrogen (secondary N) is 1. The van der Waals surface area contributed by atoms with E-state index in [0.717, 1.165) is 10.9 Å². The summed E-state index contributed by atoms with van der Waals surface area (Å²) in [6, 6.07) is 8.34. The Balaban J connectivity index is 2.23. The molecule has 17 heavy (non-hydrogen) atoms. The Morgan fingerprint density at radius 3 is 2.29 bits per heavy atom. The minimum Gasteiger partial charge on any atom is -0.351 e. The molecule has 1 unspecified atom stereocenters. The van der Waals surface area contributed by atoms with Gasteiger partial charge in [-0.15, -0.1) is 0 Å². The second kappa shape index (κ2) is 4.13. The summed E-state index contributed by atoms with van der Waals surface area (Å²) in [6.07, 6.45) is 1.53. The molecule has 1 atom stereocenters. The molecule has 1 amide bonds. The first-order chi connectivity index (χ1) is 7.82. The first kappa shape index (κ1) is 12.6. The van der Waals surface area contributed by atoms with Crippen molar-refractivity contribution in [1.29, 1.82) is 0 Å². The van der Waals surface area contributed by atoms with Crippen LogP contribution in [0.3, 0.4) is 0 Å². The van der Waals surface area contributed by atoms with Crippen molar-refractivity contribution in [2.45, 2.75) is 39.2 Å². The van der Waals surface area contributed by atoms with E-state index in [-0.39, 0.29) is 16.9 Å². The molecule has 0 aromatic heterocycles. The SMILES string of the molecule is CC1(Cc2ccc(Br)cc2)CC(=O)NC1(C)C. The smallest absolute Gasteiger partial charge is 0.221 e. The van der Waals surface area contributed by atoms with E-state index < -0.39 is 0 Å². The Bertz CT molecular complexity index is 438. The van der Waals surface area contributed by atoms with Gasteiger partial charge in [0.25, 0.3) is 0 Å². The molecule has 1 aromatic rings. The number of carbonyl (C=O) groups is 1. The normalized spacial score (nSPS) is 26.9. The lowest BCUT2D eigenvalue weighted by Crippen LogP contribution is -2.46. The van der Waals surface area contributed by atoms with Gasteiger partial charge in [-0.25, -0.2) is 0 Å². The van der Waals surface area contributed by atoms with E-state index >= 15 is 0 Å². The molecule has 2 nitrogen and oxygen atoms in total. The van der Waals surface area contributed by atoms with Crippen molar-refractivity contribution in [2.24, 2.45) is 5.41 Å². The third-order valence-electron chi connectivity index (χ3n) is 4.02. The fourth-order valence-corrected chi connectivity index (χ4v) is 2.72. The highest BCUT2D eigenvalue weighted by atomic mass is 79.9. The summed E-state index contributed by atoms with van der Waals surface area (Å²) in [4.78, 5) is 11.6. The maximum absolute atomic E-state index is 11.6. The Morgan fingerprint density at radius 2 is 1.82 bits per heavy atom. The van der Waals surface area contributed by atoms with Gasteiger partial charge in [0, 0.05) is 21.8 Å². The molecule has 1 heterocycles. The molecular formula is C14H18BrNO. The van der Waals surface area contributed by atoms with Crippen LogP contribution in [0.2, 0.25) is 0 Å². The number of benzene rings is 1. The third-order valence-corrected chi connectivity index (χ3v) is 4.55. The molecule has 1 aliphatic rings. The minimum absolute atomic E-state index is 0.0160. The predicted octanol–water partition coefficient (Wildman–Crippen LogP) is 3.30. The van der Waals surface area contributed by atoms with E-state index in [9.17, 15) is 4.79 Å². The van der Waals surface area contributed by atoms with E-state index in [0.29, 0.717) is 6.42 Å². The minimum atomic E-state index is -0.142. The zero-order chi connectivity index (χ0) is 12.7. The Kier molecular flexibility index (Phi) is 3.06. The number of hydrogen-bond acceptors (Lipinski definition) is 1. The number of halogens is 1. The zero-order valence-electron chi connectivity index (χ0n) is 10.5. The van der Waals surface area contributed by atoms with Crippen LogP contribution in [0.25, 0.3) is 0 Å². The molecule has 1 fully saturated rings. The Morgan fingerprint density at radius 1 is 1.24 bits per heavy atom. The van der Waals surface area contributed by atoms with Gasteiger partial charge in [0.15, 0.2) is 0 Å². The number of amides is 1. The van der Waals surface area contributed by atoms with Gasteiger partial charge in [0.05, 0.1) is 0 Å². The fourth-order valence-electron chi connectivity index (χ4n) is 2.46. The average molecular weight is 296 g/mol. The highest BCUT2D eigenvalue weighted by Crippen LogP contribution is 2.42. The first-order valence-corrected chi connectivity index (χ1v) is 6.67. The van der Waals surface area contributed by atoms with Gasteiger partial charge >= 0.3 is 0 Å². The van der Waals surface area contributed by atoms with Crippen molar-refractivity contribution in [3.63, 3.8) is 0 Å². The second-order valence-corrected chi connectivity index (χ2v) is 6.63. The summed E-state index contributed by atoms with van der Waals surface area (Å²) in [5, 5.41) is 3.07. The number of hydrogen-bond donors (Lipinski definition) is 1. The molecule has 0 bridgehead atoms. The summed E-state index contributed by atoms with van der Waals surface area (Å²) in [5.41, 5.74) is 1.12. The summed E-state index contributed by atoms with van der Waals surface area (Å²) in [5.74, 6) is 0.162. The monoisotopic (exact) mass is 295 g/mol. The molecule has 1 aromatic carbocycles. The van der Waals surface area contributed by atoms with Gasteiger partial charge in [-0.2, -0.15) is 0 Å². The van der Waals surface area contributed by atoms with Gasteiger partial charge < -0.3 is 5.32 Å². The number of carbonyl (C=O) groups excluding carboxylic acids is 1. The van der Waals surface area contributed by atoms with Crippen molar-refractivity contribution in [2.75, 3.05) is 0 Å². The number of rotatable bonds is 2. The van der Waals surface area contributed by atoms with Crippen molar-refractivity contribution in [1.82, 2.24) is 5.32 Å². The van der Waals surface area contributed by atoms with Crippen molar-refractivity contribution < 1.29 is 4.79 Å². The van der Waals surface area contributed by atoms with Crippen molar-refractivity contribution in [3.05, 3.63) is 34.3 Å². The molecule has 1 saturated heterocycles. The summed E-state index contributed by atoms with van der Waals surface area (Å²) in [6.45, 7) is 6.40. The molecule has 0 spiro atoms. The van der Waals surface area contributed by atoms with E-state index in [1.54, 1.807) is 0 Å². The van der Waals surface area contributed by atoms with Crippen LogP contribution in [0.4, 0.5) is 0 Å². The summed E-state index contributed by atoms with van der Waals surface area (Å²) in [7, 11) is 0. The Hall–Kier alpha value is -0.830. The summed E-state index contributed by atoms with van der Waals surface area (Å²) < 4.78 is 1.09. The quantitative estimate of drug-likeness (QED) is 0.891. The lowest BCUT2D eigenvalue weighted by atomic mass is 9.70. The topological polar surface area (TPSA) is 29.1 Å². The highest BCUT2D eigenvalue weighted by Gasteiger charge is 2.48. The van der Waals surface area contributed by atoms with E-state index in [1.165, 1.54) is 5.56 Å². The van der Waals surface area contributed by atoms with Crippen LogP contribution in [-0.2, 0) is 11.2 Å². The standard InChI is InChI=1S/C14H18BrNO/c1-13(2)14(3,9-12(17)16-13)8-10-4-6-11(15)7-5-10/h4-7H,8-9H2,1-3H3,(H,16,17). The van der Waals surface area contributed by atoms with Gasteiger partial charge in [-0.1, -0.05) is 35.0 Å². The predicted molar refractivity (Wildman–Crippen MR) is 72.8 cm³/mol. The molecule has 1 aliphatic heterocycles. The van der Waals surface area contributed by atoms with Crippen molar-refractivity contribution >= 4 is 21.8 Å². The highest BCUT2D eigenvalue weighted by molar-refractivity contribution is 9.10. The zero-order valence-corrected chi connectivity index (χ0v) is 12.1. The molecule has 92 valence electrons. The lowest BCUT2D eigenvalue weighted by molar-refractivity contribution is -0.119. The Labute approximate surface area is 111 Å². The molecule has 0 radical (unpaired) electrons. The van der Waals surface area contributed by atoms with Gasteiger partial charge in [-0.05, 0) is 38.0 Å². The average Bonchev–Trinajstić information content (AvgIpc) is 2.39. The third kappa shape index (κ3) is 2.39. The van der Waals surface area contributed by atoms with E-state index in [2.05, 4.69) is 66.3 Å². The van der Waals surface area contributed by atoms with Crippen molar-refractivity contribution in [3.8, 4) is 0 Å². The molecule has 0 saturated carbocycles. The van der Waals surface area contributed by atoms with E-state index in [1.807, 2.05) is 0 Å². The lowest BCUT2D eigenvalue weighted by Gasteiger charge is -2.37. The van der Waals surface area contributed by atoms with Crippen LogP contribution >= 0.6 is 15.9 Å². The summed E-state index contributed by atoms with van der Waals surface area (Å²) >= 11 is 3.44. The van der Waals surface area contributed by atoms with Gasteiger partial charge in [0.1, 0.15) is 0 Å². The molecular weight excluding hydrogens is 278 g/mol. The first-order valence-electron chi connectivity index (χ1n) is 5.88. The van der Waals surface area contributed by atoms with Gasteiger partial charge in [-0.3, -0.25) is 4.79 Å².